The van der Waals surface area contributed by atoms with Crippen molar-refractivity contribution < 1.29 is 0 Å². The smallest absolute Gasteiger partial charge is 0.235 e. The van der Waals surface area contributed by atoms with Gasteiger partial charge in [-0.1, -0.05) is 84.9 Å². The third-order valence-corrected chi connectivity index (χ3v) is 10.8. The van der Waals surface area contributed by atoms with Crippen molar-refractivity contribution in [2.75, 3.05) is 0 Å². The molecule has 0 bridgehead atoms. The predicted octanol–water partition coefficient (Wildman–Crippen LogP) is 10.6. The summed E-state index contributed by atoms with van der Waals surface area (Å²) >= 11 is 3.78. The molecule has 9 rings (SSSR count). The highest BCUT2D eigenvalue weighted by molar-refractivity contribution is 7.45. The van der Waals surface area contributed by atoms with Gasteiger partial charge in [-0.15, -0.1) is 22.7 Å². The van der Waals surface area contributed by atoms with Crippen molar-refractivity contribution in [2.45, 2.75) is 13.8 Å². The summed E-state index contributed by atoms with van der Waals surface area (Å²) in [4.78, 5) is 10.6. The lowest BCUT2D eigenvalue weighted by molar-refractivity contribution is 1.02. The molecule has 3 nitrogen and oxygen atoms in total. The van der Waals surface area contributed by atoms with Crippen molar-refractivity contribution in [3.05, 3.63) is 114 Å². The Labute approximate surface area is 244 Å². The molecule has 9 aromatic rings. The van der Waals surface area contributed by atoms with Crippen LogP contribution < -0.4 is 0 Å². The van der Waals surface area contributed by atoms with E-state index in [4.69, 9.17) is 9.97 Å². The van der Waals surface area contributed by atoms with Gasteiger partial charge in [0.2, 0.25) is 5.95 Å². The Morgan fingerprint density at radius 1 is 0.585 bits per heavy atom. The molecule has 0 amide bonds. The summed E-state index contributed by atoms with van der Waals surface area (Å²) in [6.45, 7) is 4.34. The average Bonchev–Trinajstić information content (AvgIpc) is 3.65. The third kappa shape index (κ3) is 3.19. The monoisotopic (exact) mass is 561 g/mol. The molecule has 0 aliphatic heterocycles. The van der Waals surface area contributed by atoms with E-state index in [-0.39, 0.29) is 0 Å². The summed E-state index contributed by atoms with van der Waals surface area (Å²) < 4.78 is 6.29. The average molecular weight is 562 g/mol. The van der Waals surface area contributed by atoms with Crippen LogP contribution in [-0.4, -0.2) is 14.5 Å². The predicted molar refractivity (Wildman–Crippen MR) is 177 cm³/mol. The maximum absolute atomic E-state index is 5.39. The van der Waals surface area contributed by atoms with Crippen LogP contribution in [-0.2, 0) is 0 Å². The second-order valence-corrected chi connectivity index (χ2v) is 13.0. The number of thiophene rings is 2. The van der Waals surface area contributed by atoms with E-state index in [0.717, 1.165) is 22.1 Å². The van der Waals surface area contributed by atoms with Gasteiger partial charge in [-0.25, -0.2) is 9.97 Å². The minimum Gasteiger partial charge on any atom is -0.276 e. The molecule has 5 aromatic carbocycles. The highest BCUT2D eigenvalue weighted by Crippen LogP contribution is 2.48. The number of rotatable bonds is 2. The first kappa shape index (κ1) is 23.2. The number of hydrogen-bond acceptors (Lipinski definition) is 4. The van der Waals surface area contributed by atoms with Crippen LogP contribution in [0.5, 0.6) is 0 Å². The summed E-state index contributed by atoms with van der Waals surface area (Å²) in [5, 5.41) is 7.52. The Hall–Kier alpha value is -4.58. The molecule has 0 saturated heterocycles. The van der Waals surface area contributed by atoms with Gasteiger partial charge in [-0.2, -0.15) is 0 Å². The van der Waals surface area contributed by atoms with E-state index < -0.39 is 0 Å². The van der Waals surface area contributed by atoms with Crippen LogP contribution in [0, 0.1) is 13.8 Å². The van der Waals surface area contributed by atoms with Gasteiger partial charge in [0, 0.05) is 42.6 Å². The summed E-state index contributed by atoms with van der Waals surface area (Å²) in [5.41, 5.74) is 7.86. The minimum atomic E-state index is 0.710. The first-order valence-corrected chi connectivity index (χ1v) is 15.4. The van der Waals surface area contributed by atoms with Gasteiger partial charge < -0.3 is 0 Å². The fraction of sp³-hybridized carbons (Fsp3) is 0.0556. The Bertz CT molecular complexity index is 2490. The van der Waals surface area contributed by atoms with Gasteiger partial charge >= 0.3 is 0 Å². The van der Waals surface area contributed by atoms with Gasteiger partial charge in [0.1, 0.15) is 0 Å². The number of nitrogens with zero attached hydrogens (tertiary/aromatic N) is 3. The van der Waals surface area contributed by atoms with Crippen LogP contribution in [0.2, 0.25) is 0 Å². The molecule has 0 spiro atoms. The van der Waals surface area contributed by atoms with E-state index in [2.05, 4.69) is 122 Å². The Morgan fingerprint density at radius 3 is 2.15 bits per heavy atom. The van der Waals surface area contributed by atoms with Crippen LogP contribution in [0.3, 0.4) is 0 Å². The zero-order chi connectivity index (χ0) is 27.2. The van der Waals surface area contributed by atoms with Gasteiger partial charge in [0.25, 0.3) is 0 Å². The minimum absolute atomic E-state index is 0.710. The molecule has 0 radical (unpaired) electrons. The van der Waals surface area contributed by atoms with E-state index in [1.54, 1.807) is 0 Å². The molecule has 4 heterocycles. The Balaban J connectivity index is 1.46. The second kappa shape index (κ2) is 8.46. The maximum Gasteiger partial charge on any atom is 0.235 e. The molecular formula is C36H23N3S2. The second-order valence-electron chi connectivity index (χ2n) is 10.7. The van der Waals surface area contributed by atoms with Crippen LogP contribution >= 0.6 is 22.7 Å². The zero-order valence-corrected chi connectivity index (χ0v) is 24.1. The standard InChI is InChI=1S/C36H23N3S2/c1-20-10-9-11-21(2)30(20)32-24-13-3-6-15-27(24)37-36(38-32)39-28-16-7-4-12-22(28)23-18-19-26-31-25-14-5-8-17-29(25)40-35(31)41-34(26)33(23)39/h3-19H,1-2H3. The highest BCUT2D eigenvalue weighted by atomic mass is 32.2. The van der Waals surface area contributed by atoms with Crippen molar-refractivity contribution in [3.63, 3.8) is 0 Å². The number of benzene rings is 5. The molecule has 0 aliphatic carbocycles. The number of aryl methyl sites for hydroxylation is 2. The number of hydrogen-bond donors (Lipinski definition) is 0. The summed E-state index contributed by atoms with van der Waals surface area (Å²) in [7, 11) is 0. The lowest BCUT2D eigenvalue weighted by atomic mass is 9.97. The molecule has 0 atom stereocenters. The van der Waals surface area contributed by atoms with E-state index in [0.29, 0.717) is 5.95 Å². The summed E-state index contributed by atoms with van der Waals surface area (Å²) in [6, 6.07) is 36.9. The Morgan fingerprint density at radius 2 is 1.29 bits per heavy atom. The van der Waals surface area contributed by atoms with Gasteiger partial charge in [0.15, 0.2) is 0 Å². The third-order valence-electron chi connectivity index (χ3n) is 8.33. The molecule has 0 aliphatic rings. The van der Waals surface area contributed by atoms with Crippen LogP contribution in [0.1, 0.15) is 11.1 Å². The van der Waals surface area contributed by atoms with E-state index in [1.807, 2.05) is 22.7 Å². The zero-order valence-electron chi connectivity index (χ0n) is 22.5. The quantitative estimate of drug-likeness (QED) is 0.210. The number of para-hydroxylation sites is 2. The normalized spacial score (nSPS) is 12.1. The van der Waals surface area contributed by atoms with E-state index in [1.165, 1.54) is 62.6 Å². The summed E-state index contributed by atoms with van der Waals surface area (Å²) in [6.07, 6.45) is 0. The molecular weight excluding hydrogens is 539 g/mol. The topological polar surface area (TPSA) is 30.7 Å². The largest absolute Gasteiger partial charge is 0.276 e. The van der Waals surface area contributed by atoms with Crippen molar-refractivity contribution >= 4 is 85.0 Å². The molecule has 0 unspecified atom stereocenters. The SMILES string of the molecule is Cc1cccc(C)c1-c1nc(-n2c3ccccc3c3ccc4c(sc5sc6ccccc6c54)c32)nc2ccccc12. The van der Waals surface area contributed by atoms with Gasteiger partial charge in [-0.05, 0) is 43.2 Å². The molecule has 41 heavy (non-hydrogen) atoms. The van der Waals surface area contributed by atoms with Gasteiger partial charge in [-0.3, -0.25) is 4.57 Å². The number of aromatic nitrogens is 3. The van der Waals surface area contributed by atoms with E-state index >= 15 is 0 Å². The van der Waals surface area contributed by atoms with Crippen LogP contribution in [0.4, 0.5) is 0 Å². The van der Waals surface area contributed by atoms with Crippen molar-refractivity contribution in [2.24, 2.45) is 0 Å². The first-order chi connectivity index (χ1) is 20.2. The Kier molecular flexibility index (Phi) is 4.78. The maximum atomic E-state index is 5.39. The lowest BCUT2D eigenvalue weighted by Gasteiger charge is -2.15. The highest BCUT2D eigenvalue weighted by Gasteiger charge is 2.22. The van der Waals surface area contributed by atoms with Crippen molar-refractivity contribution in [1.82, 2.24) is 14.5 Å². The molecule has 4 aromatic heterocycles. The molecule has 0 N–H and O–H groups in total. The lowest BCUT2D eigenvalue weighted by Crippen LogP contribution is -2.04. The van der Waals surface area contributed by atoms with Crippen molar-refractivity contribution in [1.29, 1.82) is 0 Å². The fourth-order valence-electron chi connectivity index (χ4n) is 6.52. The fourth-order valence-corrected chi connectivity index (χ4v) is 9.24. The summed E-state index contributed by atoms with van der Waals surface area (Å²) in [5.74, 6) is 0.710. The molecule has 0 saturated carbocycles. The van der Waals surface area contributed by atoms with Crippen molar-refractivity contribution in [3.8, 4) is 17.2 Å². The van der Waals surface area contributed by atoms with Crippen LogP contribution in [0.15, 0.2) is 103 Å². The molecule has 194 valence electrons. The first-order valence-electron chi connectivity index (χ1n) is 13.8. The molecule has 5 heteroatoms. The van der Waals surface area contributed by atoms with E-state index in [9.17, 15) is 0 Å². The van der Waals surface area contributed by atoms with Gasteiger partial charge in [0.05, 0.1) is 31.0 Å². The number of fused-ring (bicyclic) bond motifs is 10. The van der Waals surface area contributed by atoms with Crippen LogP contribution in [0.25, 0.3) is 79.5 Å². The molecule has 0 fully saturated rings.